The minimum absolute atomic E-state index is 0.0648. The van der Waals surface area contributed by atoms with Crippen LogP contribution in [0.2, 0.25) is 0 Å². The molecule has 0 unspecified atom stereocenters. The zero-order valence-electron chi connectivity index (χ0n) is 10.4. The number of nitrogens with one attached hydrogen (secondary N) is 2. The normalized spacial score (nSPS) is 16.3. The van der Waals surface area contributed by atoms with E-state index in [0.29, 0.717) is 11.2 Å². The number of aromatic amines is 1. The molecule has 100 valence electrons. The van der Waals surface area contributed by atoms with E-state index in [4.69, 9.17) is 0 Å². The number of hydrogen-bond donors (Lipinski definition) is 2. The van der Waals surface area contributed by atoms with Gasteiger partial charge in [-0.3, -0.25) is 9.89 Å². The molecule has 1 atom stereocenters. The van der Waals surface area contributed by atoms with Gasteiger partial charge in [-0.2, -0.15) is 0 Å². The van der Waals surface area contributed by atoms with E-state index in [0.717, 1.165) is 23.5 Å². The highest BCUT2D eigenvalue weighted by atomic mass is 32.2. The molecular formula is C12H14N4OS2. The van der Waals surface area contributed by atoms with Crippen LogP contribution in [-0.4, -0.2) is 32.4 Å². The van der Waals surface area contributed by atoms with Crippen LogP contribution in [-0.2, 0) is 4.79 Å². The van der Waals surface area contributed by atoms with Crippen LogP contribution in [0.3, 0.4) is 0 Å². The van der Waals surface area contributed by atoms with E-state index in [1.807, 2.05) is 24.4 Å². The second-order valence-electron chi connectivity index (χ2n) is 4.49. The maximum Gasteiger partial charge on any atom is 0.233 e. The number of amides is 1. The van der Waals surface area contributed by atoms with E-state index in [1.54, 1.807) is 11.3 Å². The zero-order valence-corrected chi connectivity index (χ0v) is 12.1. The minimum atomic E-state index is -0.174. The summed E-state index contributed by atoms with van der Waals surface area (Å²) in [4.78, 5) is 17.3. The van der Waals surface area contributed by atoms with E-state index >= 15 is 0 Å². The molecule has 1 aliphatic rings. The summed E-state index contributed by atoms with van der Waals surface area (Å²) < 4.78 is 0. The lowest BCUT2D eigenvalue weighted by atomic mass is 10.4. The van der Waals surface area contributed by atoms with Gasteiger partial charge in [0.15, 0.2) is 5.82 Å². The lowest BCUT2D eigenvalue weighted by Gasteiger charge is -2.08. The number of nitrogens with zero attached hydrogens (tertiary/aromatic N) is 2. The van der Waals surface area contributed by atoms with E-state index in [-0.39, 0.29) is 11.2 Å². The van der Waals surface area contributed by atoms with Crippen molar-refractivity contribution in [1.82, 2.24) is 20.5 Å². The summed E-state index contributed by atoms with van der Waals surface area (Å²) in [6.07, 6.45) is 2.21. The predicted octanol–water partition coefficient (Wildman–Crippen LogP) is 2.29. The SMILES string of the molecule is C[C@@H](Sc1n[nH]c(-c2cccs2)n1)C(=O)NC1CC1. The monoisotopic (exact) mass is 294 g/mol. The summed E-state index contributed by atoms with van der Waals surface area (Å²) in [5.41, 5.74) is 0. The standard InChI is InChI=1S/C12H14N4OS2/c1-7(11(17)13-8-4-5-8)19-12-14-10(15-16-12)9-3-2-6-18-9/h2-3,6-8H,4-5H2,1H3,(H,13,17)(H,14,15,16)/t7-/m1/s1. The molecule has 0 aliphatic heterocycles. The van der Waals surface area contributed by atoms with Crippen LogP contribution in [0.25, 0.3) is 10.7 Å². The van der Waals surface area contributed by atoms with Crippen LogP contribution < -0.4 is 5.32 Å². The van der Waals surface area contributed by atoms with Crippen molar-refractivity contribution in [2.75, 3.05) is 0 Å². The van der Waals surface area contributed by atoms with Crippen molar-refractivity contribution >= 4 is 29.0 Å². The maximum atomic E-state index is 11.8. The number of H-pyrrole nitrogens is 1. The molecule has 7 heteroatoms. The van der Waals surface area contributed by atoms with Gasteiger partial charge in [-0.1, -0.05) is 17.8 Å². The maximum absolute atomic E-state index is 11.8. The molecule has 2 aromatic rings. The number of thioether (sulfide) groups is 1. The van der Waals surface area contributed by atoms with E-state index in [1.165, 1.54) is 11.8 Å². The van der Waals surface area contributed by atoms with Crippen LogP contribution in [0.15, 0.2) is 22.7 Å². The van der Waals surface area contributed by atoms with E-state index in [2.05, 4.69) is 20.5 Å². The fraction of sp³-hybridized carbons (Fsp3) is 0.417. The molecule has 0 saturated heterocycles. The Kier molecular flexibility index (Phi) is 3.56. The molecule has 0 bridgehead atoms. The van der Waals surface area contributed by atoms with Gasteiger partial charge in [0, 0.05) is 6.04 Å². The van der Waals surface area contributed by atoms with E-state index < -0.39 is 0 Å². The van der Waals surface area contributed by atoms with Gasteiger partial charge in [0.2, 0.25) is 11.1 Å². The molecule has 1 amide bonds. The van der Waals surface area contributed by atoms with Gasteiger partial charge in [-0.05, 0) is 31.2 Å². The second kappa shape index (κ2) is 5.34. The van der Waals surface area contributed by atoms with Gasteiger partial charge in [-0.15, -0.1) is 16.4 Å². The Labute approximate surface area is 119 Å². The summed E-state index contributed by atoms with van der Waals surface area (Å²) in [5.74, 6) is 0.822. The molecule has 1 saturated carbocycles. The molecule has 1 aliphatic carbocycles. The molecule has 3 rings (SSSR count). The Morgan fingerprint density at radius 3 is 3.16 bits per heavy atom. The largest absolute Gasteiger partial charge is 0.352 e. The highest BCUT2D eigenvalue weighted by molar-refractivity contribution is 8.00. The van der Waals surface area contributed by atoms with Crippen LogP contribution in [0.5, 0.6) is 0 Å². The molecule has 0 radical (unpaired) electrons. The third-order valence-electron chi connectivity index (χ3n) is 2.79. The number of carbonyl (C=O) groups is 1. The van der Waals surface area contributed by atoms with Crippen molar-refractivity contribution in [2.45, 2.75) is 36.2 Å². The molecular weight excluding hydrogens is 280 g/mol. The Morgan fingerprint density at radius 2 is 2.47 bits per heavy atom. The van der Waals surface area contributed by atoms with Crippen LogP contribution in [0, 0.1) is 0 Å². The molecule has 19 heavy (non-hydrogen) atoms. The lowest BCUT2D eigenvalue weighted by molar-refractivity contribution is -0.120. The summed E-state index contributed by atoms with van der Waals surface area (Å²) in [6, 6.07) is 4.36. The van der Waals surface area contributed by atoms with Crippen LogP contribution in [0.4, 0.5) is 0 Å². The second-order valence-corrected chi connectivity index (χ2v) is 6.74. The van der Waals surface area contributed by atoms with Gasteiger partial charge in [0.1, 0.15) is 0 Å². The van der Waals surface area contributed by atoms with Crippen molar-refractivity contribution in [3.05, 3.63) is 17.5 Å². The van der Waals surface area contributed by atoms with Crippen molar-refractivity contribution in [2.24, 2.45) is 0 Å². The quantitative estimate of drug-likeness (QED) is 0.830. The fourth-order valence-corrected chi connectivity index (χ4v) is 2.98. The van der Waals surface area contributed by atoms with Gasteiger partial charge in [0.25, 0.3) is 0 Å². The third kappa shape index (κ3) is 3.16. The fourth-order valence-electron chi connectivity index (χ4n) is 1.58. The molecule has 2 aromatic heterocycles. The molecule has 2 N–H and O–H groups in total. The molecule has 5 nitrogen and oxygen atoms in total. The van der Waals surface area contributed by atoms with Crippen molar-refractivity contribution in [1.29, 1.82) is 0 Å². The van der Waals surface area contributed by atoms with Crippen molar-refractivity contribution in [3.8, 4) is 10.7 Å². The van der Waals surface area contributed by atoms with Crippen LogP contribution in [0.1, 0.15) is 19.8 Å². The Morgan fingerprint density at radius 1 is 1.63 bits per heavy atom. The topological polar surface area (TPSA) is 70.7 Å². The van der Waals surface area contributed by atoms with Gasteiger partial charge < -0.3 is 5.32 Å². The highest BCUT2D eigenvalue weighted by Gasteiger charge is 2.26. The molecule has 0 aromatic carbocycles. The smallest absolute Gasteiger partial charge is 0.233 e. The first-order valence-electron chi connectivity index (χ1n) is 6.15. The minimum Gasteiger partial charge on any atom is -0.352 e. The van der Waals surface area contributed by atoms with Crippen molar-refractivity contribution < 1.29 is 4.79 Å². The zero-order chi connectivity index (χ0) is 13.2. The Bertz CT molecular complexity index is 562. The van der Waals surface area contributed by atoms with Gasteiger partial charge >= 0.3 is 0 Å². The summed E-state index contributed by atoms with van der Waals surface area (Å²) in [5, 5.41) is 12.5. The lowest BCUT2D eigenvalue weighted by Crippen LogP contribution is -2.32. The number of carbonyl (C=O) groups excluding carboxylic acids is 1. The summed E-state index contributed by atoms with van der Waals surface area (Å²) in [6.45, 7) is 1.88. The predicted molar refractivity (Wildman–Crippen MR) is 76.2 cm³/mol. The van der Waals surface area contributed by atoms with Crippen molar-refractivity contribution in [3.63, 3.8) is 0 Å². The average molecular weight is 294 g/mol. The average Bonchev–Trinajstić information content (AvgIpc) is 2.90. The first kappa shape index (κ1) is 12.7. The summed E-state index contributed by atoms with van der Waals surface area (Å²) >= 11 is 2.99. The van der Waals surface area contributed by atoms with Gasteiger partial charge in [-0.25, -0.2) is 4.98 Å². The number of hydrogen-bond acceptors (Lipinski definition) is 5. The van der Waals surface area contributed by atoms with Gasteiger partial charge in [0.05, 0.1) is 10.1 Å². The molecule has 0 spiro atoms. The summed E-state index contributed by atoms with van der Waals surface area (Å²) in [7, 11) is 0. The Balaban J connectivity index is 1.61. The first-order chi connectivity index (χ1) is 9.22. The number of aromatic nitrogens is 3. The van der Waals surface area contributed by atoms with E-state index in [9.17, 15) is 4.79 Å². The first-order valence-corrected chi connectivity index (χ1v) is 7.91. The number of thiophene rings is 1. The Hall–Kier alpha value is -1.34. The van der Waals surface area contributed by atoms with Crippen LogP contribution >= 0.6 is 23.1 Å². The highest BCUT2D eigenvalue weighted by Crippen LogP contribution is 2.26. The molecule has 1 fully saturated rings. The number of rotatable bonds is 5. The third-order valence-corrected chi connectivity index (χ3v) is 4.63. The molecule has 2 heterocycles.